The number of hydrogen-bond acceptors (Lipinski definition) is 8. The van der Waals surface area contributed by atoms with Crippen LogP contribution in [0.2, 0.25) is 0 Å². The Bertz CT molecular complexity index is 671. The Balaban J connectivity index is 5.18. The van der Waals surface area contributed by atoms with Gasteiger partial charge in [0, 0.05) is 18.6 Å². The molecule has 0 radical (unpaired) electrons. The fourth-order valence-electron chi connectivity index (χ4n) is 2.10. The summed E-state index contributed by atoms with van der Waals surface area (Å²) in [6.45, 7) is 1.36. The van der Waals surface area contributed by atoms with Gasteiger partial charge in [-0.25, -0.2) is 4.79 Å². The average Bonchev–Trinajstić information content (AvgIpc) is 2.64. The van der Waals surface area contributed by atoms with E-state index in [1.807, 2.05) is 0 Å². The molecule has 14 heteroatoms. The van der Waals surface area contributed by atoms with Gasteiger partial charge >= 0.3 is 17.9 Å². The summed E-state index contributed by atoms with van der Waals surface area (Å²) in [7, 11) is 0. The van der Waals surface area contributed by atoms with Crippen molar-refractivity contribution in [2.24, 2.45) is 5.73 Å². The van der Waals surface area contributed by atoms with Crippen LogP contribution in [0.25, 0.3) is 0 Å². The van der Waals surface area contributed by atoms with Crippen LogP contribution >= 0.6 is 12.6 Å². The van der Waals surface area contributed by atoms with Crippen LogP contribution in [0.4, 0.5) is 0 Å². The molecule has 8 N–H and O–H groups in total. The van der Waals surface area contributed by atoms with Crippen molar-refractivity contribution in [1.29, 1.82) is 0 Å². The monoisotopic (exact) mass is 450 g/mol. The fraction of sp³-hybridized carbons (Fsp3) is 0.625. The van der Waals surface area contributed by atoms with Crippen molar-refractivity contribution in [3.05, 3.63) is 0 Å². The van der Waals surface area contributed by atoms with Crippen molar-refractivity contribution >= 4 is 48.3 Å². The molecule has 30 heavy (non-hydrogen) atoms. The maximum absolute atomic E-state index is 12.5. The molecule has 0 aromatic heterocycles. The maximum Gasteiger partial charge on any atom is 0.326 e. The molecule has 0 aromatic rings. The number of aliphatic carboxylic acids is 3. The number of carbonyl (C=O) groups excluding carboxylic acids is 3. The van der Waals surface area contributed by atoms with Gasteiger partial charge in [0.2, 0.25) is 17.7 Å². The number of nitrogens with two attached hydrogens (primary N) is 1. The number of carbonyl (C=O) groups is 6. The molecule has 0 spiro atoms. The summed E-state index contributed by atoms with van der Waals surface area (Å²) in [6.07, 6.45) is -1.62. The highest BCUT2D eigenvalue weighted by Gasteiger charge is 2.29. The smallest absolute Gasteiger partial charge is 0.326 e. The third-order valence-corrected chi connectivity index (χ3v) is 4.14. The van der Waals surface area contributed by atoms with Crippen molar-refractivity contribution in [1.82, 2.24) is 16.0 Å². The first kappa shape index (κ1) is 27.1. The lowest BCUT2D eigenvalue weighted by Crippen LogP contribution is -2.57. The van der Waals surface area contributed by atoms with Crippen LogP contribution < -0.4 is 21.7 Å². The summed E-state index contributed by atoms with van der Waals surface area (Å²) in [5, 5.41) is 33.2. The number of carboxylic acid groups (broad SMARTS) is 3. The molecule has 13 nitrogen and oxygen atoms in total. The van der Waals surface area contributed by atoms with E-state index in [-0.39, 0.29) is 18.6 Å². The molecule has 0 aliphatic rings. The normalized spacial score (nSPS) is 14.5. The van der Waals surface area contributed by atoms with E-state index in [1.54, 1.807) is 0 Å². The predicted molar refractivity (Wildman–Crippen MR) is 105 cm³/mol. The van der Waals surface area contributed by atoms with Crippen LogP contribution in [0.15, 0.2) is 0 Å². The van der Waals surface area contributed by atoms with Crippen LogP contribution in [0.5, 0.6) is 0 Å². The van der Waals surface area contributed by atoms with E-state index in [4.69, 9.17) is 21.1 Å². The van der Waals surface area contributed by atoms with Crippen molar-refractivity contribution in [2.45, 2.75) is 56.8 Å². The van der Waals surface area contributed by atoms with Crippen molar-refractivity contribution in [3.63, 3.8) is 0 Å². The number of rotatable bonds is 14. The van der Waals surface area contributed by atoms with Gasteiger partial charge < -0.3 is 37.0 Å². The lowest BCUT2D eigenvalue weighted by Gasteiger charge is -2.23. The minimum absolute atomic E-state index is 0.254. The van der Waals surface area contributed by atoms with Crippen LogP contribution in [0, 0.1) is 0 Å². The molecule has 4 atom stereocenters. The van der Waals surface area contributed by atoms with Crippen molar-refractivity contribution < 1.29 is 44.1 Å². The second-order valence-electron chi connectivity index (χ2n) is 6.36. The minimum Gasteiger partial charge on any atom is -0.481 e. The zero-order chi connectivity index (χ0) is 23.4. The molecule has 4 unspecified atom stereocenters. The molecule has 3 amide bonds. The number of carboxylic acids is 3. The largest absolute Gasteiger partial charge is 0.481 e. The zero-order valence-electron chi connectivity index (χ0n) is 16.2. The number of amides is 3. The van der Waals surface area contributed by atoms with E-state index in [0.717, 1.165) is 0 Å². The molecule has 0 aromatic carbocycles. The van der Waals surface area contributed by atoms with Gasteiger partial charge in [-0.3, -0.25) is 24.0 Å². The number of nitrogens with one attached hydrogen (secondary N) is 3. The molecular formula is C16H26N4O9S. The Kier molecular flexibility index (Phi) is 12.1. The van der Waals surface area contributed by atoms with Crippen LogP contribution in [0.1, 0.15) is 32.6 Å². The van der Waals surface area contributed by atoms with E-state index < -0.39 is 72.6 Å². The quantitative estimate of drug-likeness (QED) is 0.130. The summed E-state index contributed by atoms with van der Waals surface area (Å²) in [5.74, 6) is -6.72. The molecular weight excluding hydrogens is 424 g/mol. The van der Waals surface area contributed by atoms with E-state index in [1.165, 1.54) is 6.92 Å². The van der Waals surface area contributed by atoms with E-state index in [9.17, 15) is 28.8 Å². The summed E-state index contributed by atoms with van der Waals surface area (Å²) < 4.78 is 0. The van der Waals surface area contributed by atoms with Gasteiger partial charge in [0.15, 0.2) is 0 Å². The first-order valence-electron chi connectivity index (χ1n) is 8.83. The molecule has 0 saturated heterocycles. The average molecular weight is 450 g/mol. The van der Waals surface area contributed by atoms with Gasteiger partial charge in [-0.1, -0.05) is 0 Å². The van der Waals surface area contributed by atoms with Gasteiger partial charge in [-0.05, 0) is 19.8 Å². The third kappa shape index (κ3) is 10.6. The Labute approximate surface area is 177 Å². The lowest BCUT2D eigenvalue weighted by molar-refractivity contribution is -0.143. The fourth-order valence-corrected chi connectivity index (χ4v) is 2.36. The Morgan fingerprint density at radius 3 is 1.57 bits per heavy atom. The highest BCUT2D eigenvalue weighted by Crippen LogP contribution is 2.03. The maximum atomic E-state index is 12.5. The van der Waals surface area contributed by atoms with E-state index >= 15 is 0 Å². The lowest BCUT2D eigenvalue weighted by atomic mass is 10.1. The summed E-state index contributed by atoms with van der Waals surface area (Å²) in [4.78, 5) is 69.1. The first-order chi connectivity index (χ1) is 13.9. The molecule has 0 aliphatic heterocycles. The second kappa shape index (κ2) is 13.4. The topological polar surface area (TPSA) is 225 Å². The molecule has 0 heterocycles. The van der Waals surface area contributed by atoms with Crippen LogP contribution in [-0.2, 0) is 28.8 Å². The standard InChI is InChI=1S/C16H26N4O9S/c1-7(17)13(25)18-8(2-4-11(21)22)14(26)20-10(6-30)15(27)19-9(16(28)29)3-5-12(23)24/h7-10,30H,2-6,17H2,1H3,(H,18,25)(H,19,27)(H,20,26)(H,21,22)(H,23,24)(H,28,29). The van der Waals surface area contributed by atoms with Crippen molar-refractivity contribution in [3.8, 4) is 0 Å². The van der Waals surface area contributed by atoms with E-state index in [2.05, 4.69) is 28.6 Å². The van der Waals surface area contributed by atoms with Gasteiger partial charge in [0.05, 0.1) is 6.04 Å². The van der Waals surface area contributed by atoms with Gasteiger partial charge in [-0.15, -0.1) is 0 Å². The van der Waals surface area contributed by atoms with Gasteiger partial charge in [-0.2, -0.15) is 12.6 Å². The SMILES string of the molecule is CC(N)C(=O)NC(CCC(=O)O)C(=O)NC(CS)C(=O)NC(CCC(=O)O)C(=O)O. The summed E-state index contributed by atoms with van der Waals surface area (Å²) in [5.41, 5.74) is 5.42. The predicted octanol–water partition coefficient (Wildman–Crippen LogP) is -2.47. The molecule has 0 rings (SSSR count). The Morgan fingerprint density at radius 1 is 0.767 bits per heavy atom. The zero-order valence-corrected chi connectivity index (χ0v) is 17.1. The minimum atomic E-state index is -1.51. The third-order valence-electron chi connectivity index (χ3n) is 3.77. The van der Waals surface area contributed by atoms with E-state index in [0.29, 0.717) is 0 Å². The highest BCUT2D eigenvalue weighted by atomic mass is 32.1. The molecule has 0 aliphatic carbocycles. The van der Waals surface area contributed by atoms with Gasteiger partial charge in [0.1, 0.15) is 18.1 Å². The molecule has 0 fully saturated rings. The number of thiol groups is 1. The van der Waals surface area contributed by atoms with Gasteiger partial charge in [0.25, 0.3) is 0 Å². The highest BCUT2D eigenvalue weighted by molar-refractivity contribution is 7.80. The number of hydrogen-bond donors (Lipinski definition) is 8. The Hall–Kier alpha value is -2.87. The summed E-state index contributed by atoms with van der Waals surface area (Å²) >= 11 is 3.93. The summed E-state index contributed by atoms with van der Waals surface area (Å²) in [6, 6.07) is -5.11. The van der Waals surface area contributed by atoms with Crippen LogP contribution in [0.3, 0.4) is 0 Å². The first-order valence-corrected chi connectivity index (χ1v) is 9.46. The Morgan fingerprint density at radius 2 is 1.17 bits per heavy atom. The van der Waals surface area contributed by atoms with Crippen molar-refractivity contribution in [2.75, 3.05) is 5.75 Å². The van der Waals surface area contributed by atoms with Crippen LogP contribution in [-0.4, -0.2) is 80.9 Å². The second-order valence-corrected chi connectivity index (χ2v) is 6.72. The molecule has 0 bridgehead atoms. The molecule has 170 valence electrons. The molecule has 0 saturated carbocycles.